The monoisotopic (exact) mass is 305 g/mol. The molecule has 0 aliphatic carbocycles. The van der Waals surface area contributed by atoms with Gasteiger partial charge in [-0.1, -0.05) is 6.07 Å². The van der Waals surface area contributed by atoms with Crippen molar-refractivity contribution in [2.24, 2.45) is 0 Å². The number of benzene rings is 1. The number of aliphatic hydroxyl groups is 1. The maximum Gasteiger partial charge on any atom is 0.328 e. The first-order chi connectivity index (χ1) is 7.97. The summed E-state index contributed by atoms with van der Waals surface area (Å²) in [5.74, 6) is -3.08. The molecule has 0 bridgehead atoms. The van der Waals surface area contributed by atoms with E-state index >= 15 is 0 Å². The van der Waals surface area contributed by atoms with Crippen LogP contribution in [-0.2, 0) is 4.79 Å². The Balaban J connectivity index is 2.90. The van der Waals surface area contributed by atoms with Crippen LogP contribution in [0.25, 0.3) is 0 Å². The van der Waals surface area contributed by atoms with Crippen molar-refractivity contribution in [2.45, 2.75) is 6.04 Å². The van der Waals surface area contributed by atoms with Crippen molar-refractivity contribution in [3.63, 3.8) is 0 Å². The zero-order valence-corrected chi connectivity index (χ0v) is 10.1. The molecule has 1 aromatic rings. The number of aliphatic hydroxyl groups excluding tert-OH is 1. The molecule has 17 heavy (non-hydrogen) atoms. The van der Waals surface area contributed by atoms with Crippen molar-refractivity contribution in [3.05, 3.63) is 34.1 Å². The molecule has 1 amide bonds. The molecule has 0 saturated heterocycles. The molecule has 0 aliphatic rings. The lowest BCUT2D eigenvalue weighted by molar-refractivity contribution is -0.140. The van der Waals surface area contributed by atoms with Crippen LogP contribution in [0.3, 0.4) is 0 Å². The fraction of sp³-hybridized carbons (Fsp3) is 0.200. The van der Waals surface area contributed by atoms with Gasteiger partial charge in [-0.25, -0.2) is 9.18 Å². The van der Waals surface area contributed by atoms with Crippen LogP contribution >= 0.6 is 15.9 Å². The van der Waals surface area contributed by atoms with Gasteiger partial charge in [0, 0.05) is 0 Å². The molecule has 0 aromatic heterocycles. The lowest BCUT2D eigenvalue weighted by Gasteiger charge is -2.12. The van der Waals surface area contributed by atoms with Crippen molar-refractivity contribution >= 4 is 27.8 Å². The van der Waals surface area contributed by atoms with Gasteiger partial charge in [-0.2, -0.15) is 0 Å². The minimum absolute atomic E-state index is 0.0982. The Bertz CT molecular complexity index is 452. The van der Waals surface area contributed by atoms with Gasteiger partial charge < -0.3 is 15.5 Å². The van der Waals surface area contributed by atoms with Crippen LogP contribution in [0.5, 0.6) is 0 Å². The summed E-state index contributed by atoms with van der Waals surface area (Å²) in [6, 6.07) is 2.61. The van der Waals surface area contributed by atoms with E-state index in [9.17, 15) is 14.0 Å². The average molecular weight is 306 g/mol. The van der Waals surface area contributed by atoms with E-state index in [-0.39, 0.29) is 10.0 Å². The Morgan fingerprint density at radius 2 is 2.12 bits per heavy atom. The number of rotatable bonds is 4. The Hall–Kier alpha value is -1.47. The molecule has 92 valence electrons. The summed E-state index contributed by atoms with van der Waals surface area (Å²) < 4.78 is 13.6. The summed E-state index contributed by atoms with van der Waals surface area (Å²) in [4.78, 5) is 22.1. The van der Waals surface area contributed by atoms with Crippen LogP contribution in [0.4, 0.5) is 4.39 Å². The second kappa shape index (κ2) is 5.74. The Morgan fingerprint density at radius 3 is 2.65 bits per heavy atom. The zero-order valence-electron chi connectivity index (χ0n) is 8.48. The molecule has 5 nitrogen and oxygen atoms in total. The van der Waals surface area contributed by atoms with Gasteiger partial charge in [-0.15, -0.1) is 0 Å². The van der Waals surface area contributed by atoms with E-state index in [1.165, 1.54) is 18.2 Å². The first kappa shape index (κ1) is 13.6. The van der Waals surface area contributed by atoms with Crippen LogP contribution in [0, 0.1) is 5.82 Å². The standard InChI is InChI=1S/C10H9BrFNO4/c11-6-3-1-2-5(8(6)12)9(15)13-7(4-14)10(16)17/h1-3,7,14H,4H2,(H,13,15)(H,16,17)/t7-/m0/s1. The first-order valence-electron chi connectivity index (χ1n) is 4.56. The van der Waals surface area contributed by atoms with Crippen molar-refractivity contribution in [1.29, 1.82) is 0 Å². The van der Waals surface area contributed by atoms with Crippen LogP contribution in [0.15, 0.2) is 22.7 Å². The summed E-state index contributed by atoms with van der Waals surface area (Å²) >= 11 is 2.91. The minimum Gasteiger partial charge on any atom is -0.480 e. The molecule has 0 fully saturated rings. The van der Waals surface area contributed by atoms with Gasteiger partial charge in [0.05, 0.1) is 16.6 Å². The molecular formula is C10H9BrFNO4. The highest BCUT2D eigenvalue weighted by Crippen LogP contribution is 2.18. The molecule has 0 heterocycles. The summed E-state index contributed by atoms with van der Waals surface area (Å²) in [5, 5.41) is 19.3. The predicted octanol–water partition coefficient (Wildman–Crippen LogP) is 0.763. The fourth-order valence-electron chi connectivity index (χ4n) is 1.10. The van der Waals surface area contributed by atoms with E-state index in [0.29, 0.717) is 0 Å². The molecule has 1 rings (SSSR count). The number of amides is 1. The van der Waals surface area contributed by atoms with E-state index in [1.54, 1.807) is 0 Å². The second-order valence-corrected chi connectivity index (χ2v) is 4.00. The maximum absolute atomic E-state index is 13.5. The number of carbonyl (C=O) groups excluding carboxylic acids is 1. The van der Waals surface area contributed by atoms with Gasteiger partial charge in [0.2, 0.25) is 0 Å². The highest BCUT2D eigenvalue weighted by molar-refractivity contribution is 9.10. The van der Waals surface area contributed by atoms with Gasteiger partial charge in [-0.3, -0.25) is 4.79 Å². The lowest BCUT2D eigenvalue weighted by atomic mass is 10.2. The average Bonchev–Trinajstić information content (AvgIpc) is 2.28. The van der Waals surface area contributed by atoms with Crippen LogP contribution < -0.4 is 5.32 Å². The van der Waals surface area contributed by atoms with Crippen molar-refractivity contribution in [1.82, 2.24) is 5.32 Å². The second-order valence-electron chi connectivity index (χ2n) is 3.15. The fourth-order valence-corrected chi connectivity index (χ4v) is 1.47. The molecule has 1 atom stereocenters. The molecule has 0 radical (unpaired) electrons. The number of nitrogens with one attached hydrogen (secondary N) is 1. The summed E-state index contributed by atoms with van der Waals surface area (Å²) in [6.45, 7) is -0.767. The largest absolute Gasteiger partial charge is 0.480 e. The maximum atomic E-state index is 13.5. The number of carboxylic acids is 1. The highest BCUT2D eigenvalue weighted by Gasteiger charge is 2.21. The highest BCUT2D eigenvalue weighted by atomic mass is 79.9. The Labute approximate surface area is 104 Å². The van der Waals surface area contributed by atoms with E-state index in [1.807, 2.05) is 5.32 Å². The Kier molecular flexibility index (Phi) is 4.59. The minimum atomic E-state index is -1.46. The summed E-state index contributed by atoms with van der Waals surface area (Å²) in [7, 11) is 0. The van der Waals surface area contributed by atoms with Crippen molar-refractivity contribution in [2.75, 3.05) is 6.61 Å². The first-order valence-corrected chi connectivity index (χ1v) is 5.35. The van der Waals surface area contributed by atoms with Crippen molar-refractivity contribution < 1.29 is 24.2 Å². The van der Waals surface area contributed by atoms with Gasteiger partial charge in [0.1, 0.15) is 5.82 Å². The zero-order chi connectivity index (χ0) is 13.0. The van der Waals surface area contributed by atoms with Gasteiger partial charge in [0.25, 0.3) is 5.91 Å². The molecule has 0 unspecified atom stereocenters. The van der Waals surface area contributed by atoms with E-state index in [2.05, 4.69) is 15.9 Å². The molecular weight excluding hydrogens is 297 g/mol. The van der Waals surface area contributed by atoms with Gasteiger partial charge >= 0.3 is 5.97 Å². The molecule has 1 aromatic carbocycles. The van der Waals surface area contributed by atoms with Crippen LogP contribution in [0.1, 0.15) is 10.4 Å². The lowest BCUT2D eigenvalue weighted by Crippen LogP contribution is -2.43. The van der Waals surface area contributed by atoms with Crippen LogP contribution in [-0.4, -0.2) is 34.7 Å². The number of carbonyl (C=O) groups is 2. The molecule has 0 spiro atoms. The third-order valence-corrected chi connectivity index (χ3v) is 2.59. The normalized spacial score (nSPS) is 11.9. The topological polar surface area (TPSA) is 86.6 Å². The number of halogens is 2. The number of carboxylic acid groups (broad SMARTS) is 1. The number of hydrogen-bond donors (Lipinski definition) is 3. The van der Waals surface area contributed by atoms with E-state index in [0.717, 1.165) is 0 Å². The number of aliphatic carboxylic acids is 1. The Morgan fingerprint density at radius 1 is 1.47 bits per heavy atom. The quantitative estimate of drug-likeness (QED) is 0.766. The third kappa shape index (κ3) is 3.24. The smallest absolute Gasteiger partial charge is 0.328 e. The van der Waals surface area contributed by atoms with Crippen molar-refractivity contribution in [3.8, 4) is 0 Å². The summed E-state index contributed by atoms with van der Waals surface area (Å²) in [6.07, 6.45) is 0. The SMILES string of the molecule is O=C(N[C@@H](CO)C(=O)O)c1cccc(Br)c1F. The van der Waals surface area contributed by atoms with E-state index in [4.69, 9.17) is 10.2 Å². The van der Waals surface area contributed by atoms with Gasteiger partial charge in [0.15, 0.2) is 6.04 Å². The molecule has 0 saturated carbocycles. The third-order valence-electron chi connectivity index (χ3n) is 1.98. The predicted molar refractivity (Wildman–Crippen MR) is 60.1 cm³/mol. The molecule has 0 aliphatic heterocycles. The van der Waals surface area contributed by atoms with Gasteiger partial charge in [-0.05, 0) is 28.1 Å². The van der Waals surface area contributed by atoms with E-state index < -0.39 is 30.3 Å². The van der Waals surface area contributed by atoms with Crippen LogP contribution in [0.2, 0.25) is 0 Å². The number of hydrogen-bond acceptors (Lipinski definition) is 3. The summed E-state index contributed by atoms with van der Waals surface area (Å²) in [5.41, 5.74) is -0.293. The molecule has 3 N–H and O–H groups in total. The molecule has 7 heteroatoms.